The molecule has 8 nitrogen and oxygen atoms in total. The Morgan fingerprint density at radius 2 is 1.71 bits per heavy atom. The molecule has 0 unspecified atom stereocenters. The Kier molecular flexibility index (Phi) is 5.65. The number of rotatable bonds is 7. The van der Waals surface area contributed by atoms with Crippen molar-refractivity contribution in [3.63, 3.8) is 0 Å². The van der Waals surface area contributed by atoms with Gasteiger partial charge in [0.1, 0.15) is 11.6 Å². The highest BCUT2D eigenvalue weighted by molar-refractivity contribution is 7.92. The van der Waals surface area contributed by atoms with Crippen LogP contribution in [0, 0.1) is 0 Å². The van der Waals surface area contributed by atoms with Gasteiger partial charge < -0.3 is 15.5 Å². The van der Waals surface area contributed by atoms with Crippen LogP contribution in [0.5, 0.6) is 11.8 Å². The number of phenolic OH excluding ortho intramolecular Hbond substituents is 1. The number of nitrogens with zero attached hydrogens (tertiary/aromatic N) is 2. The number of aromatic nitrogens is 2. The van der Waals surface area contributed by atoms with Crippen molar-refractivity contribution < 1.29 is 18.6 Å². The van der Waals surface area contributed by atoms with Crippen LogP contribution in [0.4, 0.5) is 11.5 Å². The molecule has 1 aromatic heterocycles. The number of aromatic hydroxyl groups is 2. The van der Waals surface area contributed by atoms with Crippen molar-refractivity contribution in [2.75, 3.05) is 22.8 Å². The van der Waals surface area contributed by atoms with Crippen LogP contribution in [0.2, 0.25) is 0 Å². The Labute approximate surface area is 163 Å². The van der Waals surface area contributed by atoms with E-state index in [0.717, 1.165) is 11.8 Å². The van der Waals surface area contributed by atoms with Crippen molar-refractivity contribution in [1.82, 2.24) is 9.97 Å². The zero-order valence-electron chi connectivity index (χ0n) is 15.1. The van der Waals surface area contributed by atoms with Gasteiger partial charge in [-0.15, -0.1) is 0 Å². The molecule has 0 bridgehead atoms. The van der Waals surface area contributed by atoms with Gasteiger partial charge in [-0.05, 0) is 30.2 Å². The molecule has 146 valence electrons. The van der Waals surface area contributed by atoms with Gasteiger partial charge in [-0.2, -0.15) is 9.97 Å². The fourth-order valence-electron chi connectivity index (χ4n) is 2.66. The van der Waals surface area contributed by atoms with Gasteiger partial charge in [0.2, 0.25) is 10.0 Å². The maximum atomic E-state index is 11.6. The van der Waals surface area contributed by atoms with Crippen molar-refractivity contribution in [2.45, 2.75) is 6.42 Å². The van der Waals surface area contributed by atoms with Gasteiger partial charge in [-0.3, -0.25) is 4.72 Å². The molecule has 0 aliphatic carbocycles. The van der Waals surface area contributed by atoms with E-state index in [0.29, 0.717) is 35.7 Å². The van der Waals surface area contributed by atoms with Crippen LogP contribution >= 0.6 is 0 Å². The van der Waals surface area contributed by atoms with E-state index < -0.39 is 16.0 Å². The van der Waals surface area contributed by atoms with Gasteiger partial charge >= 0.3 is 6.01 Å². The molecule has 0 aliphatic heterocycles. The normalized spacial score (nSPS) is 11.2. The fourth-order valence-corrected chi connectivity index (χ4v) is 3.23. The number of phenols is 1. The molecule has 0 fully saturated rings. The predicted molar refractivity (Wildman–Crippen MR) is 108 cm³/mol. The van der Waals surface area contributed by atoms with Gasteiger partial charge in [0.15, 0.2) is 0 Å². The first-order valence-electron chi connectivity index (χ1n) is 8.47. The van der Waals surface area contributed by atoms with E-state index in [1.165, 1.54) is 0 Å². The molecule has 1 heterocycles. The molecule has 0 spiro atoms. The zero-order chi connectivity index (χ0) is 20.1. The summed E-state index contributed by atoms with van der Waals surface area (Å²) in [6.07, 6.45) is 1.75. The minimum Gasteiger partial charge on any atom is -0.508 e. The number of sulfonamides is 1. The molecular weight excluding hydrogens is 380 g/mol. The van der Waals surface area contributed by atoms with Crippen LogP contribution < -0.4 is 10.0 Å². The number of nitrogens with one attached hydrogen (secondary N) is 2. The fraction of sp³-hybridized carbons (Fsp3) is 0.158. The lowest BCUT2D eigenvalue weighted by atomic mass is 10.1. The Hall–Kier alpha value is -3.33. The van der Waals surface area contributed by atoms with Crippen LogP contribution in [-0.2, 0) is 16.4 Å². The summed E-state index contributed by atoms with van der Waals surface area (Å²) in [6.45, 7) is 0.546. The minimum absolute atomic E-state index is 0.212. The average molecular weight is 400 g/mol. The van der Waals surface area contributed by atoms with Gasteiger partial charge in [-0.1, -0.05) is 30.3 Å². The van der Waals surface area contributed by atoms with Gasteiger partial charge in [0.05, 0.1) is 17.6 Å². The van der Waals surface area contributed by atoms with Crippen molar-refractivity contribution in [1.29, 1.82) is 0 Å². The maximum absolute atomic E-state index is 11.6. The molecular formula is C19H20N4O4S. The molecule has 0 aliphatic rings. The summed E-state index contributed by atoms with van der Waals surface area (Å²) < 4.78 is 25.6. The third kappa shape index (κ3) is 5.34. The molecule has 28 heavy (non-hydrogen) atoms. The molecule has 0 radical (unpaired) electrons. The van der Waals surface area contributed by atoms with Gasteiger partial charge in [-0.25, -0.2) is 8.42 Å². The second kappa shape index (κ2) is 8.13. The summed E-state index contributed by atoms with van der Waals surface area (Å²) in [4.78, 5) is 7.98. The van der Waals surface area contributed by atoms with E-state index in [2.05, 4.69) is 20.0 Å². The standard InChI is InChI=1S/C19H20N4O4S/c1-28(26,27)23-16-5-3-2-4-15(16)17-12-18(22-19(25)21-17)20-11-10-13-6-8-14(24)9-7-13/h2-9,12,23-24H,10-11H2,1H3,(H2,20,21,22,25). The van der Waals surface area contributed by atoms with Crippen LogP contribution in [0.3, 0.4) is 0 Å². The third-order valence-corrected chi connectivity index (χ3v) is 4.46. The van der Waals surface area contributed by atoms with Crippen LogP contribution in [0.15, 0.2) is 54.6 Å². The van der Waals surface area contributed by atoms with Crippen molar-refractivity contribution in [2.24, 2.45) is 0 Å². The van der Waals surface area contributed by atoms with Gasteiger partial charge in [0.25, 0.3) is 0 Å². The molecule has 4 N–H and O–H groups in total. The molecule has 0 amide bonds. The quantitative estimate of drug-likeness (QED) is 0.480. The second-order valence-corrected chi connectivity index (χ2v) is 7.95. The molecule has 9 heteroatoms. The van der Waals surface area contributed by atoms with E-state index in [1.807, 2.05) is 12.1 Å². The third-order valence-electron chi connectivity index (χ3n) is 3.87. The largest absolute Gasteiger partial charge is 0.508 e. The Morgan fingerprint density at radius 3 is 2.43 bits per heavy atom. The summed E-state index contributed by atoms with van der Waals surface area (Å²) in [5, 5.41) is 22.3. The lowest BCUT2D eigenvalue weighted by Crippen LogP contribution is -2.11. The summed E-state index contributed by atoms with van der Waals surface area (Å²) in [7, 11) is -3.47. The van der Waals surface area contributed by atoms with E-state index in [9.17, 15) is 18.6 Å². The first-order valence-corrected chi connectivity index (χ1v) is 10.4. The first-order chi connectivity index (χ1) is 13.3. The lowest BCUT2D eigenvalue weighted by molar-refractivity contribution is 0.432. The molecule has 2 aromatic carbocycles. The highest BCUT2D eigenvalue weighted by Crippen LogP contribution is 2.29. The number of hydrogen-bond acceptors (Lipinski definition) is 7. The maximum Gasteiger partial charge on any atom is 0.316 e. The predicted octanol–water partition coefficient (Wildman–Crippen LogP) is 2.58. The molecule has 0 saturated heterocycles. The Morgan fingerprint density at radius 1 is 1.00 bits per heavy atom. The van der Waals surface area contributed by atoms with E-state index >= 15 is 0 Å². The van der Waals surface area contributed by atoms with Crippen LogP contribution in [0.25, 0.3) is 11.3 Å². The average Bonchev–Trinajstić information content (AvgIpc) is 2.62. The Balaban J connectivity index is 1.79. The van der Waals surface area contributed by atoms with E-state index in [-0.39, 0.29) is 5.75 Å². The highest BCUT2D eigenvalue weighted by Gasteiger charge is 2.12. The molecule has 0 saturated carbocycles. The summed E-state index contributed by atoms with van der Waals surface area (Å²) in [5.74, 6) is 0.624. The lowest BCUT2D eigenvalue weighted by Gasteiger charge is -2.12. The van der Waals surface area contributed by atoms with Crippen molar-refractivity contribution in [3.8, 4) is 23.0 Å². The van der Waals surface area contributed by atoms with Crippen molar-refractivity contribution >= 4 is 21.5 Å². The summed E-state index contributed by atoms with van der Waals surface area (Å²) >= 11 is 0. The minimum atomic E-state index is -3.47. The van der Waals surface area contributed by atoms with E-state index in [4.69, 9.17) is 0 Å². The second-order valence-electron chi connectivity index (χ2n) is 6.20. The van der Waals surface area contributed by atoms with Crippen molar-refractivity contribution in [3.05, 3.63) is 60.2 Å². The SMILES string of the molecule is CS(=O)(=O)Nc1ccccc1-c1cc(NCCc2ccc(O)cc2)nc(O)n1. The number of benzene rings is 2. The van der Waals surface area contributed by atoms with Crippen LogP contribution in [-0.4, -0.2) is 41.4 Å². The number of hydrogen-bond donors (Lipinski definition) is 4. The van der Waals surface area contributed by atoms with E-state index in [1.54, 1.807) is 42.5 Å². The number of para-hydroxylation sites is 1. The first kappa shape index (κ1) is 19.4. The summed E-state index contributed by atoms with van der Waals surface area (Å²) in [6, 6.07) is 14.9. The number of anilines is 2. The zero-order valence-corrected chi connectivity index (χ0v) is 15.9. The monoisotopic (exact) mass is 400 g/mol. The molecule has 0 atom stereocenters. The molecule has 3 aromatic rings. The highest BCUT2D eigenvalue weighted by atomic mass is 32.2. The van der Waals surface area contributed by atoms with Gasteiger partial charge in [0, 0.05) is 18.2 Å². The topological polar surface area (TPSA) is 124 Å². The Bertz CT molecular complexity index is 1070. The van der Waals surface area contributed by atoms with Crippen LogP contribution in [0.1, 0.15) is 5.56 Å². The smallest absolute Gasteiger partial charge is 0.316 e. The molecule has 3 rings (SSSR count). The summed E-state index contributed by atoms with van der Waals surface area (Å²) in [5.41, 5.74) is 2.29.